The Labute approximate surface area is 44.5 Å². The first-order valence-electron chi connectivity index (χ1n) is 1.69. The van der Waals surface area contributed by atoms with Crippen molar-refractivity contribution in [1.82, 2.24) is 0 Å². The standard InChI is InChI=1S/C4H8N2.CH4/c1-4(2-5)3-6;/h2,5H,1,3,6H2;1H4. The Hall–Kier alpha value is -0.630. The number of nitrogens with two attached hydrogens (primary N) is 1. The molecule has 0 rings (SSSR count). The molecule has 0 aromatic rings. The Bertz CT molecular complexity index is 66.5. The van der Waals surface area contributed by atoms with Crippen molar-refractivity contribution in [3.8, 4) is 0 Å². The first-order chi connectivity index (χ1) is 2.81. The van der Waals surface area contributed by atoms with Crippen LogP contribution in [0.3, 0.4) is 0 Å². The zero-order valence-corrected chi connectivity index (χ0v) is 3.57. The highest BCUT2D eigenvalue weighted by molar-refractivity contribution is 5.74. The number of rotatable bonds is 2. The molecule has 0 saturated heterocycles. The molecule has 7 heavy (non-hydrogen) atoms. The molecule has 0 aliphatic carbocycles. The summed E-state index contributed by atoms with van der Waals surface area (Å²) in [5.41, 5.74) is 5.69. The zero-order valence-electron chi connectivity index (χ0n) is 3.57. The Kier molecular flexibility index (Phi) is 7.38. The van der Waals surface area contributed by atoms with Crippen LogP contribution in [0, 0.1) is 5.41 Å². The lowest BCUT2D eigenvalue weighted by atomic mass is 10.3. The Balaban J connectivity index is 0. The molecular formula is C5H12N2. The monoisotopic (exact) mass is 100 g/mol. The molecule has 0 radical (unpaired) electrons. The lowest BCUT2D eigenvalue weighted by Crippen LogP contribution is -2.01. The van der Waals surface area contributed by atoms with E-state index in [0.29, 0.717) is 12.1 Å². The lowest BCUT2D eigenvalue weighted by molar-refractivity contribution is 1.22. The van der Waals surface area contributed by atoms with Crippen LogP contribution in [0.25, 0.3) is 0 Å². The lowest BCUT2D eigenvalue weighted by Gasteiger charge is -1.82. The maximum absolute atomic E-state index is 6.50. The van der Waals surface area contributed by atoms with Crippen LogP contribution in [0.5, 0.6) is 0 Å². The van der Waals surface area contributed by atoms with E-state index in [0.717, 1.165) is 6.21 Å². The van der Waals surface area contributed by atoms with Crippen molar-refractivity contribution < 1.29 is 0 Å². The van der Waals surface area contributed by atoms with Gasteiger partial charge in [-0.05, 0) is 5.57 Å². The molecule has 3 N–H and O–H groups in total. The fourth-order valence-corrected chi connectivity index (χ4v) is 0.0589. The van der Waals surface area contributed by atoms with Crippen molar-refractivity contribution in [3.63, 3.8) is 0 Å². The predicted molar refractivity (Wildman–Crippen MR) is 33.7 cm³/mol. The molecule has 0 aromatic heterocycles. The predicted octanol–water partition coefficient (Wildman–Crippen LogP) is 0.787. The highest BCUT2D eigenvalue weighted by Crippen LogP contribution is 1.72. The van der Waals surface area contributed by atoms with Gasteiger partial charge in [0.15, 0.2) is 0 Å². The zero-order chi connectivity index (χ0) is 4.99. The molecule has 0 aliphatic heterocycles. The van der Waals surface area contributed by atoms with Crippen LogP contribution in [0.15, 0.2) is 12.2 Å². The molecule has 0 spiro atoms. The van der Waals surface area contributed by atoms with Gasteiger partial charge in [-0.25, -0.2) is 0 Å². The van der Waals surface area contributed by atoms with Crippen molar-refractivity contribution in [2.75, 3.05) is 6.54 Å². The van der Waals surface area contributed by atoms with Gasteiger partial charge in [0.05, 0.1) is 0 Å². The van der Waals surface area contributed by atoms with E-state index in [-0.39, 0.29) is 7.43 Å². The normalized spacial score (nSPS) is 6.43. The van der Waals surface area contributed by atoms with Gasteiger partial charge in [-0.15, -0.1) is 0 Å². The molecule has 2 nitrogen and oxygen atoms in total. The fourth-order valence-electron chi connectivity index (χ4n) is 0.0589. The van der Waals surface area contributed by atoms with Crippen LogP contribution < -0.4 is 5.73 Å². The summed E-state index contributed by atoms with van der Waals surface area (Å²) < 4.78 is 0. The second-order valence-corrected chi connectivity index (χ2v) is 1.01. The van der Waals surface area contributed by atoms with Gasteiger partial charge in [0, 0.05) is 12.8 Å². The summed E-state index contributed by atoms with van der Waals surface area (Å²) >= 11 is 0. The molecule has 0 heterocycles. The van der Waals surface area contributed by atoms with Gasteiger partial charge in [0.25, 0.3) is 0 Å². The number of hydrogen-bond acceptors (Lipinski definition) is 2. The second-order valence-electron chi connectivity index (χ2n) is 1.01. The van der Waals surface area contributed by atoms with Crippen molar-refractivity contribution in [2.24, 2.45) is 5.73 Å². The van der Waals surface area contributed by atoms with E-state index in [1.807, 2.05) is 0 Å². The maximum atomic E-state index is 6.50. The summed E-state index contributed by atoms with van der Waals surface area (Å²) in [5.74, 6) is 0. The van der Waals surface area contributed by atoms with Gasteiger partial charge in [-0.3, -0.25) is 0 Å². The van der Waals surface area contributed by atoms with Crippen molar-refractivity contribution in [2.45, 2.75) is 7.43 Å². The second kappa shape index (κ2) is 5.37. The third-order valence-electron chi connectivity index (χ3n) is 0.466. The van der Waals surface area contributed by atoms with Crippen LogP contribution in [0.2, 0.25) is 0 Å². The Morgan fingerprint density at radius 1 is 1.86 bits per heavy atom. The van der Waals surface area contributed by atoms with Crippen LogP contribution >= 0.6 is 0 Å². The molecule has 0 aliphatic rings. The average molecular weight is 100 g/mol. The first kappa shape index (κ1) is 9.62. The minimum Gasteiger partial charge on any atom is -0.326 e. The minimum absolute atomic E-state index is 0. The third-order valence-corrected chi connectivity index (χ3v) is 0.466. The van der Waals surface area contributed by atoms with Crippen LogP contribution in [0.4, 0.5) is 0 Å². The highest BCUT2D eigenvalue weighted by Gasteiger charge is 1.74. The van der Waals surface area contributed by atoms with Crippen molar-refractivity contribution >= 4 is 6.21 Å². The number of nitrogens with one attached hydrogen (secondary N) is 1. The summed E-state index contributed by atoms with van der Waals surface area (Å²) in [6.45, 7) is 3.82. The largest absolute Gasteiger partial charge is 0.326 e. The van der Waals surface area contributed by atoms with E-state index in [9.17, 15) is 0 Å². The quantitative estimate of drug-likeness (QED) is 0.495. The van der Waals surface area contributed by atoms with Gasteiger partial charge < -0.3 is 11.1 Å². The van der Waals surface area contributed by atoms with Gasteiger partial charge in [-0.1, -0.05) is 14.0 Å². The van der Waals surface area contributed by atoms with E-state index >= 15 is 0 Å². The smallest absolute Gasteiger partial charge is 0.0216 e. The van der Waals surface area contributed by atoms with Crippen molar-refractivity contribution in [1.29, 1.82) is 5.41 Å². The SMILES string of the molecule is C.C=C(C=N)CN. The maximum Gasteiger partial charge on any atom is 0.0216 e. The van der Waals surface area contributed by atoms with E-state index in [2.05, 4.69) is 6.58 Å². The molecule has 0 aromatic carbocycles. The number of hydrogen-bond donors (Lipinski definition) is 2. The van der Waals surface area contributed by atoms with Gasteiger partial charge in [-0.2, -0.15) is 0 Å². The molecule has 42 valence electrons. The summed E-state index contributed by atoms with van der Waals surface area (Å²) in [6.07, 6.45) is 1.15. The van der Waals surface area contributed by atoms with Gasteiger partial charge >= 0.3 is 0 Å². The summed E-state index contributed by atoms with van der Waals surface area (Å²) in [5, 5.41) is 6.50. The molecule has 0 amide bonds. The fraction of sp³-hybridized carbons (Fsp3) is 0.400. The van der Waals surface area contributed by atoms with Crippen LogP contribution in [0.1, 0.15) is 7.43 Å². The summed E-state index contributed by atoms with van der Waals surface area (Å²) in [6, 6.07) is 0. The topological polar surface area (TPSA) is 49.9 Å². The first-order valence-corrected chi connectivity index (χ1v) is 1.69. The van der Waals surface area contributed by atoms with E-state index in [1.54, 1.807) is 0 Å². The van der Waals surface area contributed by atoms with E-state index < -0.39 is 0 Å². The van der Waals surface area contributed by atoms with Crippen LogP contribution in [-0.2, 0) is 0 Å². The molecule has 0 atom stereocenters. The van der Waals surface area contributed by atoms with Crippen LogP contribution in [-0.4, -0.2) is 12.8 Å². The molecular weight excluding hydrogens is 88.1 g/mol. The Morgan fingerprint density at radius 3 is 2.29 bits per heavy atom. The highest BCUT2D eigenvalue weighted by atomic mass is 14.5. The van der Waals surface area contributed by atoms with Gasteiger partial charge in [0.2, 0.25) is 0 Å². The average Bonchev–Trinajstić information content (AvgIpc) is 1.65. The molecule has 0 bridgehead atoms. The minimum atomic E-state index is 0. The molecule has 0 fully saturated rings. The van der Waals surface area contributed by atoms with E-state index in [4.69, 9.17) is 11.1 Å². The molecule has 0 unspecified atom stereocenters. The van der Waals surface area contributed by atoms with Gasteiger partial charge in [0.1, 0.15) is 0 Å². The Morgan fingerprint density at radius 2 is 2.29 bits per heavy atom. The van der Waals surface area contributed by atoms with E-state index in [1.165, 1.54) is 0 Å². The summed E-state index contributed by atoms with van der Waals surface area (Å²) in [4.78, 5) is 0. The summed E-state index contributed by atoms with van der Waals surface area (Å²) in [7, 11) is 0. The molecule has 2 heteroatoms. The van der Waals surface area contributed by atoms with Crippen molar-refractivity contribution in [3.05, 3.63) is 12.2 Å². The third kappa shape index (κ3) is 5.37. The molecule has 0 saturated carbocycles.